The van der Waals surface area contributed by atoms with Crippen LogP contribution in [0.3, 0.4) is 0 Å². The van der Waals surface area contributed by atoms with E-state index in [1.54, 1.807) is 0 Å². The Morgan fingerprint density at radius 3 is 2.00 bits per heavy atom. The third kappa shape index (κ3) is 2.29. The SMILES string of the molecule is Cc1ccc(C2(C(=O)O)CCC(C)(C)CC2)cc1. The van der Waals surface area contributed by atoms with E-state index in [1.165, 1.54) is 5.56 Å². The first kappa shape index (κ1) is 13.1. The Labute approximate surface area is 109 Å². The largest absolute Gasteiger partial charge is 0.481 e. The second kappa shape index (κ2) is 4.42. The number of carboxylic acids is 1. The molecule has 0 bridgehead atoms. The van der Waals surface area contributed by atoms with Gasteiger partial charge in [-0.15, -0.1) is 0 Å². The van der Waals surface area contributed by atoms with Gasteiger partial charge >= 0.3 is 5.97 Å². The van der Waals surface area contributed by atoms with Crippen molar-refractivity contribution in [3.8, 4) is 0 Å². The summed E-state index contributed by atoms with van der Waals surface area (Å²) in [5.74, 6) is -0.665. The molecule has 0 aliphatic heterocycles. The molecule has 0 saturated heterocycles. The number of benzene rings is 1. The van der Waals surface area contributed by atoms with Crippen molar-refractivity contribution >= 4 is 5.97 Å². The molecule has 18 heavy (non-hydrogen) atoms. The molecule has 1 aromatic carbocycles. The zero-order valence-electron chi connectivity index (χ0n) is 11.5. The summed E-state index contributed by atoms with van der Waals surface area (Å²) in [5.41, 5.74) is 1.76. The first-order chi connectivity index (χ1) is 8.36. The highest BCUT2D eigenvalue weighted by Gasteiger charge is 2.45. The summed E-state index contributed by atoms with van der Waals surface area (Å²) in [6.07, 6.45) is 3.46. The van der Waals surface area contributed by atoms with Crippen LogP contribution < -0.4 is 0 Å². The highest BCUT2D eigenvalue weighted by molar-refractivity contribution is 5.81. The van der Waals surface area contributed by atoms with Crippen molar-refractivity contribution in [2.45, 2.75) is 51.9 Å². The van der Waals surface area contributed by atoms with Gasteiger partial charge in [-0.1, -0.05) is 43.7 Å². The number of hydrogen-bond acceptors (Lipinski definition) is 1. The molecule has 0 aromatic heterocycles. The lowest BCUT2D eigenvalue weighted by atomic mass is 9.62. The molecule has 0 radical (unpaired) electrons. The van der Waals surface area contributed by atoms with Crippen molar-refractivity contribution in [3.05, 3.63) is 35.4 Å². The van der Waals surface area contributed by atoms with Gasteiger partial charge in [0.2, 0.25) is 0 Å². The van der Waals surface area contributed by atoms with E-state index in [1.807, 2.05) is 31.2 Å². The standard InChI is InChI=1S/C16H22O2/c1-12-4-6-13(7-5-12)16(14(17)18)10-8-15(2,3)9-11-16/h4-7H,8-11H2,1-3H3,(H,17,18). The van der Waals surface area contributed by atoms with Crippen molar-refractivity contribution in [1.82, 2.24) is 0 Å². The fourth-order valence-corrected chi connectivity index (χ4v) is 2.85. The maximum Gasteiger partial charge on any atom is 0.314 e. The summed E-state index contributed by atoms with van der Waals surface area (Å²) in [5, 5.41) is 9.68. The maximum absolute atomic E-state index is 11.8. The van der Waals surface area contributed by atoms with Crippen LogP contribution in [0.4, 0.5) is 0 Å². The van der Waals surface area contributed by atoms with E-state index in [0.717, 1.165) is 31.2 Å². The van der Waals surface area contributed by atoms with E-state index in [2.05, 4.69) is 13.8 Å². The van der Waals surface area contributed by atoms with E-state index in [-0.39, 0.29) is 5.41 Å². The molecule has 0 heterocycles. The van der Waals surface area contributed by atoms with E-state index >= 15 is 0 Å². The molecule has 1 N–H and O–H groups in total. The smallest absolute Gasteiger partial charge is 0.314 e. The van der Waals surface area contributed by atoms with Crippen LogP contribution in [-0.4, -0.2) is 11.1 Å². The quantitative estimate of drug-likeness (QED) is 0.858. The van der Waals surface area contributed by atoms with Crippen molar-refractivity contribution in [3.63, 3.8) is 0 Å². The van der Waals surface area contributed by atoms with E-state index in [0.29, 0.717) is 0 Å². The summed E-state index contributed by atoms with van der Waals surface area (Å²) in [6, 6.07) is 8.00. The van der Waals surface area contributed by atoms with Crippen LogP contribution in [0, 0.1) is 12.3 Å². The first-order valence-corrected chi connectivity index (χ1v) is 6.66. The van der Waals surface area contributed by atoms with Crippen LogP contribution in [0.2, 0.25) is 0 Å². The molecule has 2 rings (SSSR count). The van der Waals surface area contributed by atoms with Crippen LogP contribution in [-0.2, 0) is 10.2 Å². The summed E-state index contributed by atoms with van der Waals surface area (Å²) in [6.45, 7) is 6.49. The van der Waals surface area contributed by atoms with Crippen LogP contribution >= 0.6 is 0 Å². The van der Waals surface area contributed by atoms with Crippen LogP contribution in [0.15, 0.2) is 24.3 Å². The van der Waals surface area contributed by atoms with Gasteiger partial charge in [0.05, 0.1) is 5.41 Å². The fourth-order valence-electron chi connectivity index (χ4n) is 2.85. The molecule has 2 heteroatoms. The molecule has 2 nitrogen and oxygen atoms in total. The Hall–Kier alpha value is -1.31. The fraction of sp³-hybridized carbons (Fsp3) is 0.562. The van der Waals surface area contributed by atoms with Crippen LogP contribution in [0.25, 0.3) is 0 Å². The van der Waals surface area contributed by atoms with Crippen LogP contribution in [0.5, 0.6) is 0 Å². The molecule has 1 aromatic rings. The van der Waals surface area contributed by atoms with Gasteiger partial charge in [0.1, 0.15) is 0 Å². The Kier molecular flexibility index (Phi) is 3.22. The summed E-state index contributed by atoms with van der Waals surface area (Å²) in [7, 11) is 0. The van der Waals surface area contributed by atoms with Gasteiger partial charge < -0.3 is 5.11 Å². The predicted molar refractivity (Wildman–Crippen MR) is 72.7 cm³/mol. The molecule has 1 aliphatic carbocycles. The van der Waals surface area contributed by atoms with Gasteiger partial charge in [-0.05, 0) is 43.6 Å². The molecule has 0 amide bonds. The second-order valence-corrected chi connectivity index (χ2v) is 6.42. The third-order valence-corrected chi connectivity index (χ3v) is 4.47. The zero-order chi connectivity index (χ0) is 13.4. The average molecular weight is 246 g/mol. The van der Waals surface area contributed by atoms with Gasteiger partial charge in [0.25, 0.3) is 0 Å². The van der Waals surface area contributed by atoms with Gasteiger partial charge in [-0.25, -0.2) is 0 Å². The van der Waals surface area contributed by atoms with E-state index < -0.39 is 11.4 Å². The molecular weight excluding hydrogens is 224 g/mol. The minimum Gasteiger partial charge on any atom is -0.481 e. The van der Waals surface area contributed by atoms with Crippen LogP contribution in [0.1, 0.15) is 50.7 Å². The Morgan fingerprint density at radius 1 is 1.06 bits per heavy atom. The molecular formula is C16H22O2. The molecule has 0 atom stereocenters. The minimum absolute atomic E-state index is 0.281. The van der Waals surface area contributed by atoms with Gasteiger partial charge in [0.15, 0.2) is 0 Å². The summed E-state index contributed by atoms with van der Waals surface area (Å²) in [4.78, 5) is 11.8. The second-order valence-electron chi connectivity index (χ2n) is 6.42. The number of aliphatic carboxylic acids is 1. The number of aryl methyl sites for hydroxylation is 1. The number of carboxylic acid groups (broad SMARTS) is 1. The monoisotopic (exact) mass is 246 g/mol. The normalized spacial score (nSPS) is 21.5. The predicted octanol–water partition coefficient (Wildman–Crippen LogP) is 3.92. The molecule has 0 spiro atoms. The van der Waals surface area contributed by atoms with Crippen molar-refractivity contribution in [1.29, 1.82) is 0 Å². The number of hydrogen-bond donors (Lipinski definition) is 1. The summed E-state index contributed by atoms with van der Waals surface area (Å²) >= 11 is 0. The molecule has 1 fully saturated rings. The van der Waals surface area contributed by atoms with Crippen molar-refractivity contribution in [2.24, 2.45) is 5.41 Å². The molecule has 1 saturated carbocycles. The maximum atomic E-state index is 11.8. The topological polar surface area (TPSA) is 37.3 Å². The molecule has 0 unspecified atom stereocenters. The highest BCUT2D eigenvalue weighted by atomic mass is 16.4. The van der Waals surface area contributed by atoms with Crippen molar-refractivity contribution < 1.29 is 9.90 Å². The van der Waals surface area contributed by atoms with E-state index in [4.69, 9.17) is 0 Å². The number of rotatable bonds is 2. The van der Waals surface area contributed by atoms with Crippen molar-refractivity contribution in [2.75, 3.05) is 0 Å². The van der Waals surface area contributed by atoms with E-state index in [9.17, 15) is 9.90 Å². The lowest BCUT2D eigenvalue weighted by Gasteiger charge is -2.41. The van der Waals surface area contributed by atoms with Gasteiger partial charge in [0, 0.05) is 0 Å². The first-order valence-electron chi connectivity index (χ1n) is 6.66. The summed E-state index contributed by atoms with van der Waals surface area (Å²) < 4.78 is 0. The Morgan fingerprint density at radius 2 is 1.56 bits per heavy atom. The lowest BCUT2D eigenvalue weighted by Crippen LogP contribution is -2.41. The minimum atomic E-state index is -0.665. The van der Waals surface area contributed by atoms with Gasteiger partial charge in [-0.2, -0.15) is 0 Å². The zero-order valence-corrected chi connectivity index (χ0v) is 11.5. The third-order valence-electron chi connectivity index (χ3n) is 4.47. The van der Waals surface area contributed by atoms with Gasteiger partial charge in [-0.3, -0.25) is 4.79 Å². The average Bonchev–Trinajstić information content (AvgIpc) is 2.30. The Balaban J connectivity index is 2.34. The highest BCUT2D eigenvalue weighted by Crippen LogP contribution is 2.46. The molecule has 1 aliphatic rings. The Bertz CT molecular complexity index is 433. The number of carbonyl (C=O) groups is 1. The molecule has 98 valence electrons. The lowest BCUT2D eigenvalue weighted by molar-refractivity contribution is -0.146.